The predicted molar refractivity (Wildman–Crippen MR) is 121 cm³/mol. The summed E-state index contributed by atoms with van der Waals surface area (Å²) in [5, 5.41) is 3.29. The summed E-state index contributed by atoms with van der Waals surface area (Å²) in [6.45, 7) is 6.39. The SMILES string of the molecule is CC(C)(C)c1ccc(C(=O)Nc2ccc3oc(-c4ccccc4)cc(=O)c3c2)cc1. The Balaban J connectivity index is 1.60. The summed E-state index contributed by atoms with van der Waals surface area (Å²) in [5.41, 5.74) is 3.47. The van der Waals surface area contributed by atoms with Gasteiger partial charge in [0.1, 0.15) is 11.3 Å². The van der Waals surface area contributed by atoms with Gasteiger partial charge in [0, 0.05) is 22.9 Å². The number of amides is 1. The first-order chi connectivity index (χ1) is 14.3. The van der Waals surface area contributed by atoms with E-state index in [1.54, 1.807) is 18.2 Å². The third-order valence-electron chi connectivity index (χ3n) is 5.06. The molecule has 4 nitrogen and oxygen atoms in total. The minimum atomic E-state index is -0.222. The fourth-order valence-corrected chi connectivity index (χ4v) is 3.30. The van der Waals surface area contributed by atoms with Crippen LogP contribution in [0.5, 0.6) is 0 Å². The Bertz CT molecular complexity index is 1260. The Labute approximate surface area is 175 Å². The highest BCUT2D eigenvalue weighted by Crippen LogP contribution is 2.25. The number of hydrogen-bond acceptors (Lipinski definition) is 3. The molecule has 1 aromatic heterocycles. The molecule has 150 valence electrons. The Kier molecular flexibility index (Phi) is 5.00. The maximum Gasteiger partial charge on any atom is 0.255 e. The molecule has 0 fully saturated rings. The van der Waals surface area contributed by atoms with Gasteiger partial charge in [0.05, 0.1) is 5.39 Å². The number of rotatable bonds is 3. The van der Waals surface area contributed by atoms with E-state index in [9.17, 15) is 9.59 Å². The number of nitrogens with one attached hydrogen (secondary N) is 1. The van der Waals surface area contributed by atoms with Crippen molar-refractivity contribution < 1.29 is 9.21 Å². The van der Waals surface area contributed by atoms with Gasteiger partial charge >= 0.3 is 0 Å². The summed E-state index contributed by atoms with van der Waals surface area (Å²) < 4.78 is 5.91. The third kappa shape index (κ3) is 4.03. The molecular formula is C26H23NO3. The molecule has 0 bridgehead atoms. The van der Waals surface area contributed by atoms with Gasteiger partial charge in [0.25, 0.3) is 5.91 Å². The smallest absolute Gasteiger partial charge is 0.255 e. The quantitative estimate of drug-likeness (QED) is 0.460. The molecule has 0 aliphatic heterocycles. The van der Waals surface area contributed by atoms with Crippen LogP contribution in [0.1, 0.15) is 36.7 Å². The molecule has 0 saturated heterocycles. The molecule has 0 aliphatic rings. The highest BCUT2D eigenvalue weighted by atomic mass is 16.3. The van der Waals surface area contributed by atoms with E-state index >= 15 is 0 Å². The van der Waals surface area contributed by atoms with Gasteiger partial charge < -0.3 is 9.73 Å². The zero-order valence-electron chi connectivity index (χ0n) is 17.2. The van der Waals surface area contributed by atoms with Crippen molar-refractivity contribution in [3.8, 4) is 11.3 Å². The van der Waals surface area contributed by atoms with Crippen molar-refractivity contribution in [3.05, 3.63) is 100 Å². The predicted octanol–water partition coefficient (Wildman–Crippen LogP) is 6.01. The summed E-state index contributed by atoms with van der Waals surface area (Å²) in [4.78, 5) is 25.3. The van der Waals surface area contributed by atoms with Crippen molar-refractivity contribution in [2.45, 2.75) is 26.2 Å². The van der Waals surface area contributed by atoms with Gasteiger partial charge in [0.15, 0.2) is 5.43 Å². The first-order valence-electron chi connectivity index (χ1n) is 9.86. The van der Waals surface area contributed by atoms with Crippen LogP contribution in [-0.2, 0) is 5.41 Å². The molecule has 4 heteroatoms. The van der Waals surface area contributed by atoms with E-state index in [0.29, 0.717) is 28.0 Å². The monoisotopic (exact) mass is 397 g/mol. The Morgan fingerprint density at radius 1 is 0.867 bits per heavy atom. The normalized spacial score (nSPS) is 11.4. The van der Waals surface area contributed by atoms with Gasteiger partial charge in [-0.3, -0.25) is 9.59 Å². The van der Waals surface area contributed by atoms with Crippen LogP contribution in [0, 0.1) is 0 Å². The van der Waals surface area contributed by atoms with Crippen molar-refractivity contribution in [1.29, 1.82) is 0 Å². The molecule has 0 saturated carbocycles. The Hall–Kier alpha value is -3.66. The summed E-state index contributed by atoms with van der Waals surface area (Å²) >= 11 is 0. The van der Waals surface area contributed by atoms with E-state index in [1.165, 1.54) is 6.07 Å². The van der Waals surface area contributed by atoms with Crippen molar-refractivity contribution in [2.24, 2.45) is 0 Å². The van der Waals surface area contributed by atoms with Crippen LogP contribution in [-0.4, -0.2) is 5.91 Å². The molecule has 0 atom stereocenters. The average Bonchev–Trinajstić information content (AvgIpc) is 2.74. The van der Waals surface area contributed by atoms with Crippen LogP contribution in [0.2, 0.25) is 0 Å². The zero-order chi connectivity index (χ0) is 21.3. The third-order valence-corrected chi connectivity index (χ3v) is 5.06. The van der Waals surface area contributed by atoms with Crippen LogP contribution in [0.4, 0.5) is 5.69 Å². The van der Waals surface area contributed by atoms with E-state index in [2.05, 4.69) is 26.1 Å². The Morgan fingerprint density at radius 3 is 2.23 bits per heavy atom. The molecule has 4 aromatic rings. The fraction of sp³-hybridized carbons (Fsp3) is 0.154. The summed E-state index contributed by atoms with van der Waals surface area (Å²) in [6.07, 6.45) is 0. The van der Waals surface area contributed by atoms with Crippen molar-refractivity contribution in [2.75, 3.05) is 5.32 Å². The number of carbonyl (C=O) groups is 1. The van der Waals surface area contributed by atoms with E-state index in [-0.39, 0.29) is 16.8 Å². The van der Waals surface area contributed by atoms with Crippen molar-refractivity contribution in [1.82, 2.24) is 0 Å². The number of fused-ring (bicyclic) bond motifs is 1. The van der Waals surface area contributed by atoms with Crippen LogP contribution < -0.4 is 10.7 Å². The van der Waals surface area contributed by atoms with Gasteiger partial charge in [-0.05, 0) is 41.3 Å². The second-order valence-electron chi connectivity index (χ2n) is 8.33. The lowest BCUT2D eigenvalue weighted by Gasteiger charge is -2.19. The number of anilines is 1. The van der Waals surface area contributed by atoms with E-state index in [1.807, 2.05) is 54.6 Å². The molecule has 0 spiro atoms. The Morgan fingerprint density at radius 2 is 1.57 bits per heavy atom. The lowest BCUT2D eigenvalue weighted by Crippen LogP contribution is -2.14. The van der Waals surface area contributed by atoms with Gasteiger partial charge in [-0.2, -0.15) is 0 Å². The molecular weight excluding hydrogens is 374 g/mol. The lowest BCUT2D eigenvalue weighted by atomic mass is 9.87. The first kappa shape index (κ1) is 19.6. The number of carbonyl (C=O) groups excluding carboxylic acids is 1. The average molecular weight is 397 g/mol. The van der Waals surface area contributed by atoms with Crippen LogP contribution >= 0.6 is 0 Å². The van der Waals surface area contributed by atoms with Crippen LogP contribution in [0.15, 0.2) is 88.1 Å². The van der Waals surface area contributed by atoms with E-state index in [0.717, 1.165) is 11.1 Å². The molecule has 1 amide bonds. The highest BCUT2D eigenvalue weighted by Gasteiger charge is 2.15. The summed E-state index contributed by atoms with van der Waals surface area (Å²) in [6, 6.07) is 23.6. The molecule has 0 unspecified atom stereocenters. The molecule has 1 N–H and O–H groups in total. The summed E-state index contributed by atoms with van der Waals surface area (Å²) in [7, 11) is 0. The molecule has 1 heterocycles. The van der Waals surface area contributed by atoms with Crippen LogP contribution in [0.3, 0.4) is 0 Å². The van der Waals surface area contributed by atoms with Crippen molar-refractivity contribution in [3.63, 3.8) is 0 Å². The van der Waals surface area contributed by atoms with E-state index in [4.69, 9.17) is 4.42 Å². The highest BCUT2D eigenvalue weighted by molar-refractivity contribution is 6.05. The zero-order valence-corrected chi connectivity index (χ0v) is 17.2. The molecule has 0 aliphatic carbocycles. The molecule has 3 aromatic carbocycles. The van der Waals surface area contributed by atoms with Gasteiger partial charge in [0.2, 0.25) is 0 Å². The molecule has 30 heavy (non-hydrogen) atoms. The van der Waals surface area contributed by atoms with Gasteiger partial charge in [-0.1, -0.05) is 63.2 Å². The second-order valence-corrected chi connectivity index (χ2v) is 8.33. The number of hydrogen-bond donors (Lipinski definition) is 1. The maximum absolute atomic E-state index is 12.6. The second kappa shape index (κ2) is 7.64. The lowest BCUT2D eigenvalue weighted by molar-refractivity contribution is 0.102. The van der Waals surface area contributed by atoms with E-state index < -0.39 is 0 Å². The van der Waals surface area contributed by atoms with Gasteiger partial charge in [-0.15, -0.1) is 0 Å². The molecule has 4 rings (SSSR count). The van der Waals surface area contributed by atoms with Crippen molar-refractivity contribution >= 4 is 22.6 Å². The largest absolute Gasteiger partial charge is 0.456 e. The minimum Gasteiger partial charge on any atom is -0.456 e. The standard InChI is InChI=1S/C26H23NO3/c1-26(2,3)19-11-9-18(10-12-19)25(29)27-20-13-14-23-21(15-20)22(28)16-24(30-23)17-7-5-4-6-8-17/h4-16H,1-3H3,(H,27,29). The maximum atomic E-state index is 12.6. The van der Waals surface area contributed by atoms with Crippen LogP contribution in [0.25, 0.3) is 22.3 Å². The van der Waals surface area contributed by atoms with Gasteiger partial charge in [-0.25, -0.2) is 0 Å². The first-order valence-corrected chi connectivity index (χ1v) is 9.86. The minimum absolute atomic E-state index is 0.0278. The fourth-order valence-electron chi connectivity index (χ4n) is 3.30. The summed E-state index contributed by atoms with van der Waals surface area (Å²) in [5.74, 6) is 0.295. The topological polar surface area (TPSA) is 59.3 Å². The molecule has 0 radical (unpaired) electrons. The number of benzene rings is 3.